The van der Waals surface area contributed by atoms with E-state index in [2.05, 4.69) is 16.5 Å². The van der Waals surface area contributed by atoms with Gasteiger partial charge in [0.1, 0.15) is 0 Å². The van der Waals surface area contributed by atoms with Crippen LogP contribution in [0.4, 0.5) is 0 Å². The number of aryl methyl sites for hydroxylation is 2. The number of piperidine rings is 1. The molecule has 188 valence electrons. The molecule has 4 rings (SSSR count). The number of sulfonamides is 1. The van der Waals surface area contributed by atoms with E-state index in [0.29, 0.717) is 38.8 Å². The highest BCUT2D eigenvalue weighted by atomic mass is 32.2. The van der Waals surface area contributed by atoms with Crippen LogP contribution in [0.5, 0.6) is 0 Å². The Balaban J connectivity index is 1.19. The summed E-state index contributed by atoms with van der Waals surface area (Å²) in [4.78, 5) is 31.5. The van der Waals surface area contributed by atoms with Gasteiger partial charge in [0.05, 0.1) is 11.4 Å². The molecule has 34 heavy (non-hydrogen) atoms. The topological polar surface area (TPSA) is 90.0 Å². The molecule has 0 spiro atoms. The molecule has 2 amide bonds. The molecular formula is C25H38N4O4S. The molecule has 1 aromatic rings. The van der Waals surface area contributed by atoms with Crippen molar-refractivity contribution in [1.82, 2.24) is 19.4 Å². The number of rotatable bonds is 7. The maximum atomic E-state index is 12.7. The number of nitrogens with one attached hydrogen (secondary N) is 1. The van der Waals surface area contributed by atoms with Crippen molar-refractivity contribution >= 4 is 21.8 Å². The highest BCUT2D eigenvalue weighted by Crippen LogP contribution is 2.24. The Morgan fingerprint density at radius 2 is 1.68 bits per heavy atom. The molecule has 2 fully saturated rings. The van der Waals surface area contributed by atoms with Crippen molar-refractivity contribution in [2.45, 2.75) is 69.2 Å². The van der Waals surface area contributed by atoms with Crippen molar-refractivity contribution in [2.75, 3.05) is 45.8 Å². The number of carbonyl (C=O) groups is 2. The maximum Gasteiger partial charge on any atom is 0.240 e. The summed E-state index contributed by atoms with van der Waals surface area (Å²) in [7, 11) is -3.63. The smallest absolute Gasteiger partial charge is 0.240 e. The Morgan fingerprint density at radius 3 is 2.41 bits per heavy atom. The van der Waals surface area contributed by atoms with Crippen LogP contribution in [0.1, 0.15) is 56.6 Å². The van der Waals surface area contributed by atoms with Gasteiger partial charge in [-0.15, -0.1) is 0 Å². The first-order valence-corrected chi connectivity index (χ1v) is 14.2. The fraction of sp³-hybridized carbons (Fsp3) is 0.680. The van der Waals surface area contributed by atoms with Gasteiger partial charge in [-0.25, -0.2) is 13.1 Å². The number of carbonyl (C=O) groups excluding carboxylic acids is 2. The number of benzene rings is 1. The molecular weight excluding hydrogens is 452 g/mol. The first kappa shape index (κ1) is 25.1. The van der Waals surface area contributed by atoms with Gasteiger partial charge in [0.15, 0.2) is 0 Å². The monoisotopic (exact) mass is 490 g/mol. The fourth-order valence-electron chi connectivity index (χ4n) is 5.32. The molecule has 3 aliphatic rings. The Labute approximate surface area is 203 Å². The van der Waals surface area contributed by atoms with Gasteiger partial charge < -0.3 is 9.80 Å². The third kappa shape index (κ3) is 6.17. The van der Waals surface area contributed by atoms with Crippen LogP contribution in [0.15, 0.2) is 23.1 Å². The van der Waals surface area contributed by atoms with Gasteiger partial charge in [0.25, 0.3) is 0 Å². The molecule has 0 aromatic heterocycles. The third-order valence-electron chi connectivity index (χ3n) is 7.47. The Kier molecular flexibility index (Phi) is 8.26. The number of hydrogen-bond acceptors (Lipinski definition) is 5. The quantitative estimate of drug-likeness (QED) is 0.629. The van der Waals surface area contributed by atoms with Crippen LogP contribution < -0.4 is 4.72 Å². The second-order valence-corrected chi connectivity index (χ2v) is 11.6. The van der Waals surface area contributed by atoms with Crippen LogP contribution >= 0.6 is 0 Å². The number of nitrogens with zero attached hydrogens (tertiary/aromatic N) is 3. The summed E-state index contributed by atoms with van der Waals surface area (Å²) < 4.78 is 28.0. The summed E-state index contributed by atoms with van der Waals surface area (Å²) in [5.41, 5.74) is 2.36. The minimum absolute atomic E-state index is 0.0521. The second kappa shape index (κ2) is 11.2. The van der Waals surface area contributed by atoms with E-state index < -0.39 is 10.0 Å². The lowest BCUT2D eigenvalue weighted by Crippen LogP contribution is -2.53. The number of fused-ring (bicyclic) bond motifs is 1. The summed E-state index contributed by atoms with van der Waals surface area (Å²) >= 11 is 0. The van der Waals surface area contributed by atoms with Gasteiger partial charge >= 0.3 is 0 Å². The van der Waals surface area contributed by atoms with Crippen LogP contribution in [0.25, 0.3) is 0 Å². The van der Waals surface area contributed by atoms with Crippen molar-refractivity contribution in [3.63, 3.8) is 0 Å². The predicted molar refractivity (Wildman–Crippen MR) is 131 cm³/mol. The minimum Gasteiger partial charge on any atom is -0.340 e. The molecule has 9 heteroatoms. The molecule has 0 saturated carbocycles. The standard InChI is InChI=1S/C25H38N4O4S/c1-20-6-4-5-13-29(20)25(31)19-27-14-16-28(17-15-27)24(30)11-12-26-34(32,33)23-10-9-21-7-2-3-8-22(21)18-23/h9-10,18,20,26H,2-8,11-17,19H2,1H3. The van der Waals surface area contributed by atoms with Crippen molar-refractivity contribution in [2.24, 2.45) is 0 Å². The summed E-state index contributed by atoms with van der Waals surface area (Å²) in [5.74, 6) is 0.132. The summed E-state index contributed by atoms with van der Waals surface area (Å²) in [6.07, 6.45) is 7.66. The minimum atomic E-state index is -3.63. The van der Waals surface area contributed by atoms with Crippen molar-refractivity contribution in [3.8, 4) is 0 Å². The molecule has 8 nitrogen and oxygen atoms in total. The Hall–Kier alpha value is -1.97. The van der Waals surface area contributed by atoms with Crippen LogP contribution in [0, 0.1) is 0 Å². The number of piperazine rings is 1. The molecule has 1 atom stereocenters. The van der Waals surface area contributed by atoms with Gasteiger partial charge in [-0.05, 0) is 75.1 Å². The van der Waals surface area contributed by atoms with E-state index >= 15 is 0 Å². The zero-order chi connectivity index (χ0) is 24.1. The molecule has 1 unspecified atom stereocenters. The maximum absolute atomic E-state index is 12.7. The summed E-state index contributed by atoms with van der Waals surface area (Å²) in [6, 6.07) is 5.68. The van der Waals surface area contributed by atoms with E-state index in [1.807, 2.05) is 11.0 Å². The van der Waals surface area contributed by atoms with Gasteiger partial charge in [0.2, 0.25) is 21.8 Å². The van der Waals surface area contributed by atoms with E-state index in [1.165, 1.54) is 12.0 Å². The van der Waals surface area contributed by atoms with Crippen LogP contribution in [0.2, 0.25) is 0 Å². The molecule has 1 aliphatic carbocycles. The van der Waals surface area contributed by atoms with Gasteiger partial charge in [-0.1, -0.05) is 6.07 Å². The SMILES string of the molecule is CC1CCCCN1C(=O)CN1CCN(C(=O)CCNS(=O)(=O)c2ccc3c(c2)CCCC3)CC1. The molecule has 1 aromatic carbocycles. The Bertz CT molecular complexity index is 989. The lowest BCUT2D eigenvalue weighted by molar-refractivity contribution is -0.137. The Morgan fingerprint density at radius 1 is 0.941 bits per heavy atom. The van der Waals surface area contributed by atoms with Gasteiger partial charge in [-0.3, -0.25) is 14.5 Å². The first-order chi connectivity index (χ1) is 16.3. The van der Waals surface area contributed by atoms with E-state index in [-0.39, 0.29) is 29.7 Å². The van der Waals surface area contributed by atoms with Crippen LogP contribution in [0.3, 0.4) is 0 Å². The zero-order valence-corrected chi connectivity index (χ0v) is 21.1. The largest absolute Gasteiger partial charge is 0.340 e. The first-order valence-electron chi connectivity index (χ1n) is 12.7. The number of amides is 2. The van der Waals surface area contributed by atoms with Crippen LogP contribution in [-0.2, 0) is 32.5 Å². The highest BCUT2D eigenvalue weighted by Gasteiger charge is 2.27. The average molecular weight is 491 g/mol. The van der Waals surface area contributed by atoms with E-state index in [4.69, 9.17) is 0 Å². The van der Waals surface area contributed by atoms with Gasteiger partial charge in [0, 0.05) is 51.7 Å². The molecule has 0 radical (unpaired) electrons. The predicted octanol–water partition coefficient (Wildman–Crippen LogP) is 1.78. The fourth-order valence-corrected chi connectivity index (χ4v) is 6.40. The second-order valence-electron chi connectivity index (χ2n) is 9.87. The molecule has 1 N–H and O–H groups in total. The van der Waals surface area contributed by atoms with Crippen LogP contribution in [-0.4, -0.2) is 86.8 Å². The van der Waals surface area contributed by atoms with E-state index in [0.717, 1.165) is 50.6 Å². The van der Waals surface area contributed by atoms with Crippen molar-refractivity contribution < 1.29 is 18.0 Å². The molecule has 2 saturated heterocycles. The normalized spacial score (nSPS) is 21.9. The molecule has 2 heterocycles. The molecule has 2 aliphatic heterocycles. The van der Waals surface area contributed by atoms with Crippen molar-refractivity contribution in [3.05, 3.63) is 29.3 Å². The van der Waals surface area contributed by atoms with E-state index in [9.17, 15) is 18.0 Å². The molecule has 0 bridgehead atoms. The lowest BCUT2D eigenvalue weighted by Gasteiger charge is -2.38. The third-order valence-corrected chi connectivity index (χ3v) is 8.93. The zero-order valence-electron chi connectivity index (χ0n) is 20.3. The number of likely N-dealkylation sites (tertiary alicyclic amines) is 1. The lowest BCUT2D eigenvalue weighted by atomic mass is 9.92. The van der Waals surface area contributed by atoms with Crippen molar-refractivity contribution in [1.29, 1.82) is 0 Å². The summed E-state index contributed by atoms with van der Waals surface area (Å²) in [6.45, 7) is 5.93. The average Bonchev–Trinajstić information content (AvgIpc) is 2.84. The van der Waals surface area contributed by atoms with Gasteiger partial charge in [-0.2, -0.15) is 0 Å². The highest BCUT2D eigenvalue weighted by molar-refractivity contribution is 7.89. The summed E-state index contributed by atoms with van der Waals surface area (Å²) in [5, 5.41) is 0. The number of hydrogen-bond donors (Lipinski definition) is 1. The van der Waals surface area contributed by atoms with E-state index in [1.54, 1.807) is 17.0 Å².